The van der Waals surface area contributed by atoms with Crippen LogP contribution in [0, 0.1) is 0 Å². The number of nitrogens with zero attached hydrogens (tertiary/aromatic N) is 4. The van der Waals surface area contributed by atoms with E-state index in [1.165, 1.54) is 4.90 Å². The molecule has 1 amide bonds. The molecule has 0 aromatic carbocycles. The zero-order chi connectivity index (χ0) is 19.4. The number of carboxylic acids is 1. The van der Waals surface area contributed by atoms with Crippen LogP contribution in [0.1, 0.15) is 12.8 Å². The number of aliphatic hydroxyl groups is 1. The maximum absolute atomic E-state index is 12.0. The molecule has 3 rings (SSSR count). The van der Waals surface area contributed by atoms with E-state index >= 15 is 0 Å². The van der Waals surface area contributed by atoms with E-state index in [1.807, 2.05) is 18.2 Å². The van der Waals surface area contributed by atoms with Crippen LogP contribution in [0.3, 0.4) is 0 Å². The van der Waals surface area contributed by atoms with Gasteiger partial charge >= 0.3 is 5.97 Å². The molecule has 1 fully saturated rings. The average Bonchev–Trinajstić information content (AvgIpc) is 2.65. The number of carbonyl (C=O) groups excluding carboxylic acids is 1. The number of hydrogen-bond acceptors (Lipinski definition) is 6. The summed E-state index contributed by atoms with van der Waals surface area (Å²) in [6.07, 6.45) is 6.54. The van der Waals surface area contributed by atoms with Crippen molar-refractivity contribution in [1.82, 2.24) is 14.9 Å². The minimum atomic E-state index is -1.18. The molecule has 1 aliphatic rings. The molecular weight excluding hydrogens is 348 g/mol. The Labute approximate surface area is 156 Å². The molecule has 2 aromatic heterocycles. The highest BCUT2D eigenvalue weighted by molar-refractivity contribution is 5.93. The summed E-state index contributed by atoms with van der Waals surface area (Å²) in [6.45, 7) is 1.24. The lowest BCUT2D eigenvalue weighted by Gasteiger charge is -2.42. The fourth-order valence-electron chi connectivity index (χ4n) is 3.46. The number of pyridine rings is 2. The van der Waals surface area contributed by atoms with Gasteiger partial charge in [-0.1, -0.05) is 0 Å². The number of β-amino-alcohol motifs (C(OH)–C–C–N with tert-alkyl or cyclic N) is 1. The Bertz CT molecular complexity index is 880. The van der Waals surface area contributed by atoms with Crippen LogP contribution in [0.25, 0.3) is 11.0 Å². The number of carboxylic acid groups (broad SMARTS) is 1. The van der Waals surface area contributed by atoms with Crippen molar-refractivity contribution >= 4 is 28.6 Å². The molecule has 1 unspecified atom stereocenters. The molecule has 0 bridgehead atoms. The minimum Gasteiger partial charge on any atom is -0.478 e. The van der Waals surface area contributed by atoms with E-state index in [0.29, 0.717) is 13.0 Å². The third-order valence-corrected chi connectivity index (χ3v) is 4.65. The fraction of sp³-hybridized carbons (Fsp3) is 0.368. The lowest BCUT2D eigenvalue weighted by atomic mass is 9.91. The Morgan fingerprint density at radius 1 is 1.30 bits per heavy atom. The Morgan fingerprint density at radius 2 is 2.11 bits per heavy atom. The molecule has 1 atom stereocenters. The van der Waals surface area contributed by atoms with Crippen molar-refractivity contribution in [1.29, 1.82) is 0 Å². The molecule has 8 nitrogen and oxygen atoms in total. The van der Waals surface area contributed by atoms with E-state index in [0.717, 1.165) is 41.8 Å². The molecule has 0 radical (unpaired) electrons. The highest BCUT2D eigenvalue weighted by Gasteiger charge is 2.35. The van der Waals surface area contributed by atoms with Crippen LogP contribution in [0.15, 0.2) is 42.7 Å². The van der Waals surface area contributed by atoms with Gasteiger partial charge in [-0.25, -0.2) is 4.79 Å². The first-order valence-corrected chi connectivity index (χ1v) is 8.71. The number of piperidine rings is 1. The number of carbonyl (C=O) groups is 2. The van der Waals surface area contributed by atoms with Gasteiger partial charge in [-0.05, 0) is 31.0 Å². The van der Waals surface area contributed by atoms with E-state index in [2.05, 4.69) is 14.9 Å². The number of aliphatic carboxylic acids is 1. The van der Waals surface area contributed by atoms with E-state index < -0.39 is 17.5 Å². The highest BCUT2D eigenvalue weighted by atomic mass is 16.4. The van der Waals surface area contributed by atoms with Gasteiger partial charge in [0.2, 0.25) is 5.91 Å². The van der Waals surface area contributed by atoms with Crippen LogP contribution in [-0.4, -0.2) is 69.2 Å². The fourth-order valence-corrected chi connectivity index (χ4v) is 3.46. The lowest BCUT2D eigenvalue weighted by Crippen LogP contribution is -2.54. The van der Waals surface area contributed by atoms with Crippen molar-refractivity contribution < 1.29 is 19.8 Å². The number of likely N-dealkylation sites (N-methyl/N-ethyl adjacent to an activating group) is 1. The summed E-state index contributed by atoms with van der Waals surface area (Å²) in [6, 6.07) is 5.60. The van der Waals surface area contributed by atoms with Gasteiger partial charge in [0.15, 0.2) is 0 Å². The van der Waals surface area contributed by atoms with Gasteiger partial charge in [-0.3, -0.25) is 14.8 Å². The van der Waals surface area contributed by atoms with Gasteiger partial charge in [-0.2, -0.15) is 0 Å². The zero-order valence-corrected chi connectivity index (χ0v) is 15.1. The molecule has 0 spiro atoms. The monoisotopic (exact) mass is 370 g/mol. The summed E-state index contributed by atoms with van der Waals surface area (Å²) in [5.41, 5.74) is 1.37. The first-order chi connectivity index (χ1) is 12.9. The van der Waals surface area contributed by atoms with E-state index in [-0.39, 0.29) is 6.54 Å². The van der Waals surface area contributed by atoms with Crippen molar-refractivity contribution in [2.75, 3.05) is 31.6 Å². The third-order valence-electron chi connectivity index (χ3n) is 4.65. The molecular formula is C19H22N4O4. The van der Waals surface area contributed by atoms with Crippen LogP contribution >= 0.6 is 0 Å². The number of anilines is 1. The summed E-state index contributed by atoms with van der Waals surface area (Å²) < 4.78 is 0. The van der Waals surface area contributed by atoms with Gasteiger partial charge in [0.25, 0.3) is 0 Å². The van der Waals surface area contributed by atoms with Crippen LogP contribution in [0.5, 0.6) is 0 Å². The molecule has 0 aliphatic carbocycles. The Morgan fingerprint density at radius 3 is 2.89 bits per heavy atom. The minimum absolute atomic E-state index is 0.114. The summed E-state index contributed by atoms with van der Waals surface area (Å²) in [7, 11) is 1.55. The Kier molecular flexibility index (Phi) is 5.36. The molecule has 2 N–H and O–H groups in total. The maximum atomic E-state index is 12.0. The summed E-state index contributed by atoms with van der Waals surface area (Å²) in [5.74, 6) is -1.64. The second kappa shape index (κ2) is 7.71. The van der Waals surface area contributed by atoms with Crippen LogP contribution in [0.4, 0.5) is 5.69 Å². The van der Waals surface area contributed by atoms with Crippen molar-refractivity contribution in [3.8, 4) is 0 Å². The van der Waals surface area contributed by atoms with E-state index in [9.17, 15) is 14.7 Å². The number of amides is 1. The van der Waals surface area contributed by atoms with E-state index in [4.69, 9.17) is 5.11 Å². The second-order valence-electron chi connectivity index (χ2n) is 6.82. The number of aromatic nitrogens is 2. The Hall–Kier alpha value is -3.00. The first-order valence-electron chi connectivity index (χ1n) is 8.71. The van der Waals surface area contributed by atoms with Gasteiger partial charge in [0, 0.05) is 44.7 Å². The van der Waals surface area contributed by atoms with Crippen molar-refractivity contribution in [2.45, 2.75) is 18.4 Å². The van der Waals surface area contributed by atoms with Crippen molar-refractivity contribution in [2.24, 2.45) is 0 Å². The molecule has 0 saturated carbocycles. The molecule has 1 aliphatic heterocycles. The Balaban J connectivity index is 1.76. The van der Waals surface area contributed by atoms with Crippen LogP contribution in [-0.2, 0) is 9.59 Å². The average molecular weight is 370 g/mol. The normalized spacial score (nSPS) is 20.1. The molecule has 2 aromatic rings. The van der Waals surface area contributed by atoms with Crippen LogP contribution in [0.2, 0.25) is 0 Å². The second-order valence-corrected chi connectivity index (χ2v) is 6.82. The molecule has 8 heteroatoms. The SMILES string of the molecule is CN(CC1(O)CCCN(c2ccnc3cccnc23)C1)C(=O)C=CC(=O)O. The van der Waals surface area contributed by atoms with E-state index in [1.54, 1.807) is 19.4 Å². The van der Waals surface area contributed by atoms with Gasteiger partial charge in [0.05, 0.1) is 23.3 Å². The third kappa shape index (κ3) is 4.40. The van der Waals surface area contributed by atoms with Gasteiger partial charge < -0.3 is 20.0 Å². The largest absolute Gasteiger partial charge is 0.478 e. The van der Waals surface area contributed by atoms with Gasteiger partial charge in [-0.15, -0.1) is 0 Å². The van der Waals surface area contributed by atoms with Crippen molar-refractivity contribution in [3.63, 3.8) is 0 Å². The summed E-state index contributed by atoms with van der Waals surface area (Å²) >= 11 is 0. The highest BCUT2D eigenvalue weighted by Crippen LogP contribution is 2.30. The smallest absolute Gasteiger partial charge is 0.328 e. The predicted octanol–water partition coefficient (Wildman–Crippen LogP) is 1.06. The molecule has 1 saturated heterocycles. The lowest BCUT2D eigenvalue weighted by molar-refractivity contribution is -0.132. The summed E-state index contributed by atoms with van der Waals surface area (Å²) in [5, 5.41) is 19.7. The summed E-state index contributed by atoms with van der Waals surface area (Å²) in [4.78, 5) is 34.7. The molecule has 142 valence electrons. The number of rotatable bonds is 5. The predicted molar refractivity (Wildman–Crippen MR) is 100 cm³/mol. The molecule has 27 heavy (non-hydrogen) atoms. The number of hydrogen-bond donors (Lipinski definition) is 2. The topological polar surface area (TPSA) is 107 Å². The van der Waals surface area contributed by atoms with Crippen LogP contribution < -0.4 is 4.90 Å². The maximum Gasteiger partial charge on any atom is 0.328 e. The quantitative estimate of drug-likeness (QED) is 0.758. The van der Waals surface area contributed by atoms with Gasteiger partial charge in [0.1, 0.15) is 5.52 Å². The standard InChI is InChI=1S/C19H22N4O4/c1-22(16(24)5-6-17(25)26)12-19(27)8-3-11-23(13-19)15-7-10-20-14-4-2-9-21-18(14)15/h2,4-7,9-10,27H,3,8,11-13H2,1H3,(H,25,26). The first kappa shape index (κ1) is 18.8. The number of fused-ring (bicyclic) bond motifs is 1. The molecule has 3 heterocycles. The zero-order valence-electron chi connectivity index (χ0n) is 15.1. The van der Waals surface area contributed by atoms with Crippen molar-refractivity contribution in [3.05, 3.63) is 42.7 Å².